The first-order valence-electron chi connectivity index (χ1n) is 11.2. The SMILES string of the molecule is CCCCCCCCCOc1ccc(/C=N/Nc2cccc(C(=O)O)c2)cc1OCC. The third-order valence-electron chi connectivity index (χ3n) is 4.79. The lowest BCUT2D eigenvalue weighted by molar-refractivity contribution is 0.0697. The van der Waals surface area contributed by atoms with Gasteiger partial charge in [0, 0.05) is 0 Å². The molecule has 2 rings (SSSR count). The van der Waals surface area contributed by atoms with Gasteiger partial charge in [-0.05, 0) is 55.3 Å². The normalized spacial score (nSPS) is 10.9. The van der Waals surface area contributed by atoms with Gasteiger partial charge in [-0.15, -0.1) is 0 Å². The summed E-state index contributed by atoms with van der Waals surface area (Å²) in [5.74, 6) is 0.468. The minimum Gasteiger partial charge on any atom is -0.490 e. The van der Waals surface area contributed by atoms with Crippen molar-refractivity contribution in [3.8, 4) is 11.5 Å². The van der Waals surface area contributed by atoms with Gasteiger partial charge in [0.2, 0.25) is 0 Å². The third-order valence-corrected chi connectivity index (χ3v) is 4.79. The Morgan fingerprint density at radius 2 is 1.74 bits per heavy atom. The van der Waals surface area contributed by atoms with E-state index in [-0.39, 0.29) is 5.56 Å². The smallest absolute Gasteiger partial charge is 0.335 e. The second-order valence-electron chi connectivity index (χ2n) is 7.36. The van der Waals surface area contributed by atoms with Gasteiger partial charge in [0.1, 0.15) is 0 Å². The van der Waals surface area contributed by atoms with Crippen LogP contribution in [-0.2, 0) is 0 Å². The van der Waals surface area contributed by atoms with Gasteiger partial charge in [-0.3, -0.25) is 5.43 Å². The molecule has 6 heteroatoms. The number of hydrazone groups is 1. The Kier molecular flexibility index (Phi) is 11.0. The number of nitrogens with zero attached hydrogens (tertiary/aromatic N) is 1. The molecule has 0 saturated heterocycles. The summed E-state index contributed by atoms with van der Waals surface area (Å²) in [7, 11) is 0. The van der Waals surface area contributed by atoms with E-state index in [1.54, 1.807) is 18.3 Å². The van der Waals surface area contributed by atoms with E-state index in [9.17, 15) is 4.79 Å². The van der Waals surface area contributed by atoms with Crippen molar-refractivity contribution in [2.45, 2.75) is 58.8 Å². The first-order chi connectivity index (χ1) is 15.1. The van der Waals surface area contributed by atoms with Crippen molar-refractivity contribution in [3.05, 3.63) is 53.6 Å². The molecule has 2 aromatic rings. The average Bonchev–Trinajstić information content (AvgIpc) is 2.77. The molecule has 0 aliphatic carbocycles. The van der Waals surface area contributed by atoms with Crippen LogP contribution in [0.25, 0.3) is 0 Å². The van der Waals surface area contributed by atoms with Crippen LogP contribution >= 0.6 is 0 Å². The van der Waals surface area contributed by atoms with E-state index < -0.39 is 5.97 Å². The maximum absolute atomic E-state index is 11.1. The summed E-state index contributed by atoms with van der Waals surface area (Å²) in [4.78, 5) is 11.1. The molecule has 31 heavy (non-hydrogen) atoms. The predicted octanol–water partition coefficient (Wildman–Crippen LogP) is 6.36. The van der Waals surface area contributed by atoms with Crippen molar-refractivity contribution in [2.75, 3.05) is 18.6 Å². The number of ether oxygens (including phenoxy) is 2. The summed E-state index contributed by atoms with van der Waals surface area (Å²) in [6, 6.07) is 12.2. The highest BCUT2D eigenvalue weighted by Crippen LogP contribution is 2.28. The maximum Gasteiger partial charge on any atom is 0.335 e. The van der Waals surface area contributed by atoms with Crippen molar-refractivity contribution < 1.29 is 19.4 Å². The number of benzene rings is 2. The van der Waals surface area contributed by atoms with Crippen molar-refractivity contribution >= 4 is 17.9 Å². The minimum absolute atomic E-state index is 0.210. The van der Waals surface area contributed by atoms with Crippen molar-refractivity contribution in [1.82, 2.24) is 0 Å². The molecule has 0 bridgehead atoms. The lowest BCUT2D eigenvalue weighted by Crippen LogP contribution is -2.02. The Morgan fingerprint density at radius 1 is 0.968 bits per heavy atom. The predicted molar refractivity (Wildman–Crippen MR) is 126 cm³/mol. The molecule has 0 aliphatic heterocycles. The van der Waals surface area contributed by atoms with E-state index in [1.807, 2.05) is 25.1 Å². The van der Waals surface area contributed by atoms with Crippen LogP contribution in [0.3, 0.4) is 0 Å². The zero-order chi connectivity index (χ0) is 22.3. The molecule has 0 radical (unpaired) electrons. The van der Waals surface area contributed by atoms with Gasteiger partial charge < -0.3 is 14.6 Å². The van der Waals surface area contributed by atoms with E-state index in [1.165, 1.54) is 50.7 Å². The zero-order valence-corrected chi connectivity index (χ0v) is 18.6. The van der Waals surface area contributed by atoms with Crippen molar-refractivity contribution in [1.29, 1.82) is 0 Å². The van der Waals surface area contributed by atoms with Crippen LogP contribution in [0.4, 0.5) is 5.69 Å². The molecular formula is C25H34N2O4. The molecule has 0 fully saturated rings. The molecule has 6 nitrogen and oxygen atoms in total. The molecule has 168 valence electrons. The minimum atomic E-state index is -0.971. The van der Waals surface area contributed by atoms with Crippen molar-refractivity contribution in [3.63, 3.8) is 0 Å². The number of hydrogen-bond donors (Lipinski definition) is 2. The number of carboxylic acids is 1. The number of carbonyl (C=O) groups is 1. The lowest BCUT2D eigenvalue weighted by atomic mass is 10.1. The van der Waals surface area contributed by atoms with Crippen LogP contribution in [0.2, 0.25) is 0 Å². The molecule has 0 aliphatic rings. The van der Waals surface area contributed by atoms with E-state index in [4.69, 9.17) is 14.6 Å². The summed E-state index contributed by atoms with van der Waals surface area (Å²) < 4.78 is 11.7. The van der Waals surface area contributed by atoms with Gasteiger partial charge in [0.05, 0.1) is 30.7 Å². The number of anilines is 1. The second kappa shape index (κ2) is 14.1. The zero-order valence-electron chi connectivity index (χ0n) is 18.6. The highest BCUT2D eigenvalue weighted by atomic mass is 16.5. The third kappa shape index (κ3) is 9.11. The average molecular weight is 427 g/mol. The summed E-state index contributed by atoms with van der Waals surface area (Å²) in [6.07, 6.45) is 10.4. The van der Waals surface area contributed by atoms with Crippen LogP contribution in [0.15, 0.2) is 47.6 Å². The Morgan fingerprint density at radius 3 is 2.48 bits per heavy atom. The summed E-state index contributed by atoms with van der Waals surface area (Å²) in [6.45, 7) is 5.41. The highest BCUT2D eigenvalue weighted by Gasteiger charge is 2.06. The Balaban J connectivity index is 1.87. The topological polar surface area (TPSA) is 80.2 Å². The molecule has 0 saturated carbocycles. The quantitative estimate of drug-likeness (QED) is 0.197. The summed E-state index contributed by atoms with van der Waals surface area (Å²) in [5, 5.41) is 13.3. The van der Waals surface area contributed by atoms with Gasteiger partial charge >= 0.3 is 5.97 Å². The Bertz CT molecular complexity index is 836. The molecule has 0 amide bonds. The monoisotopic (exact) mass is 426 g/mol. The van der Waals surface area contributed by atoms with Crippen molar-refractivity contribution in [2.24, 2.45) is 5.10 Å². The molecule has 0 aromatic heterocycles. The summed E-state index contributed by atoms with van der Waals surface area (Å²) >= 11 is 0. The number of nitrogens with one attached hydrogen (secondary N) is 1. The van der Waals surface area contributed by atoms with Gasteiger partial charge in [0.15, 0.2) is 11.5 Å². The fourth-order valence-electron chi connectivity index (χ4n) is 3.14. The molecule has 0 heterocycles. The van der Waals surface area contributed by atoms with Gasteiger partial charge in [-0.25, -0.2) is 4.79 Å². The van der Waals surface area contributed by atoms with Crippen LogP contribution in [0.5, 0.6) is 11.5 Å². The highest BCUT2D eigenvalue weighted by molar-refractivity contribution is 5.89. The van der Waals surface area contributed by atoms with E-state index in [0.29, 0.717) is 24.7 Å². The fourth-order valence-corrected chi connectivity index (χ4v) is 3.14. The van der Waals surface area contributed by atoms with E-state index in [2.05, 4.69) is 17.5 Å². The van der Waals surface area contributed by atoms with E-state index >= 15 is 0 Å². The Hall–Kier alpha value is -3.02. The summed E-state index contributed by atoms with van der Waals surface area (Å²) in [5.41, 5.74) is 4.53. The lowest BCUT2D eigenvalue weighted by Gasteiger charge is -2.12. The molecule has 2 aromatic carbocycles. The van der Waals surface area contributed by atoms with Gasteiger partial charge in [-0.1, -0.05) is 51.5 Å². The van der Waals surface area contributed by atoms with Crippen LogP contribution in [0.1, 0.15) is 74.7 Å². The standard InChI is InChI=1S/C25H34N2O4/c1-3-5-6-7-8-9-10-16-31-23-15-14-20(17-24(23)30-4-2)19-26-27-22-13-11-12-21(18-22)25(28)29/h11-15,17-19,27H,3-10,16H2,1-2H3,(H,28,29)/b26-19+. The number of carboxylic acid groups (broad SMARTS) is 1. The van der Waals surface area contributed by atoms with E-state index in [0.717, 1.165) is 17.7 Å². The first-order valence-corrected chi connectivity index (χ1v) is 11.2. The molecule has 2 N–H and O–H groups in total. The Labute approximate surface area is 185 Å². The maximum atomic E-state index is 11.1. The first kappa shape index (κ1) is 24.3. The fraction of sp³-hybridized carbons (Fsp3) is 0.440. The number of rotatable bonds is 15. The van der Waals surface area contributed by atoms with Crippen LogP contribution in [-0.4, -0.2) is 30.5 Å². The number of aromatic carboxylic acids is 1. The molecular weight excluding hydrogens is 392 g/mol. The molecule has 0 spiro atoms. The van der Waals surface area contributed by atoms with Gasteiger partial charge in [0.25, 0.3) is 0 Å². The molecule has 0 unspecified atom stereocenters. The van der Waals surface area contributed by atoms with Crippen LogP contribution < -0.4 is 14.9 Å². The van der Waals surface area contributed by atoms with Gasteiger partial charge in [-0.2, -0.15) is 5.10 Å². The number of hydrogen-bond acceptors (Lipinski definition) is 5. The molecule has 0 atom stereocenters. The number of unbranched alkanes of at least 4 members (excludes halogenated alkanes) is 6. The van der Waals surface area contributed by atoms with Crippen LogP contribution in [0, 0.1) is 0 Å². The second-order valence-corrected chi connectivity index (χ2v) is 7.36. The largest absolute Gasteiger partial charge is 0.490 e.